The number of carbonyl (C=O) groups is 1. The van der Waals surface area contributed by atoms with Crippen molar-refractivity contribution in [3.8, 4) is 0 Å². The zero-order valence-corrected chi connectivity index (χ0v) is 5.81. The molecule has 0 aromatic rings. The van der Waals surface area contributed by atoms with E-state index < -0.39 is 5.97 Å². The molecule has 0 N–H and O–H groups in total. The Labute approximate surface area is 58.8 Å². The zero-order chi connectivity index (χ0) is 7.28. The number of esters is 1. The monoisotopic (exact) mass is 146 g/mol. The van der Waals surface area contributed by atoms with Gasteiger partial charge in [0.1, 0.15) is 0 Å². The van der Waals surface area contributed by atoms with E-state index in [9.17, 15) is 4.79 Å². The highest BCUT2D eigenvalue weighted by Crippen LogP contribution is 1.97. The van der Waals surface area contributed by atoms with Gasteiger partial charge in [-0.25, -0.2) is 4.79 Å². The minimum Gasteiger partial charge on any atom is -0.432 e. The van der Waals surface area contributed by atoms with Gasteiger partial charge in [-0.3, -0.25) is 0 Å². The van der Waals surface area contributed by atoms with E-state index >= 15 is 0 Å². The number of ether oxygens (including phenoxy) is 1. The molecule has 9 heavy (non-hydrogen) atoms. The van der Waals surface area contributed by atoms with Crippen molar-refractivity contribution in [1.29, 1.82) is 0 Å². The summed E-state index contributed by atoms with van der Waals surface area (Å²) in [6, 6.07) is 0. The predicted molar refractivity (Wildman–Crippen MR) is 35.9 cm³/mol. The van der Waals surface area contributed by atoms with Crippen LogP contribution in [0.4, 0.5) is 0 Å². The molecule has 0 aliphatic rings. The van der Waals surface area contributed by atoms with Crippen LogP contribution in [0.15, 0.2) is 23.9 Å². The summed E-state index contributed by atoms with van der Waals surface area (Å²) >= 11 is 5.19. The average molecular weight is 147 g/mol. The maximum atomic E-state index is 10.5. The van der Waals surface area contributed by atoms with Crippen molar-refractivity contribution in [1.82, 2.24) is 0 Å². The Morgan fingerprint density at radius 3 is 2.67 bits per heavy atom. The molecule has 3 heteroatoms. The van der Waals surface area contributed by atoms with Gasteiger partial charge in [0, 0.05) is 11.1 Å². The van der Waals surface area contributed by atoms with Gasteiger partial charge in [0.25, 0.3) is 0 Å². The molecule has 0 spiro atoms. The van der Waals surface area contributed by atoms with E-state index in [1.54, 1.807) is 6.92 Å². The van der Waals surface area contributed by atoms with Gasteiger partial charge < -0.3 is 4.74 Å². The second-order valence-corrected chi connectivity index (χ2v) is 1.58. The Kier molecular flexibility index (Phi) is 3.80. The van der Waals surface area contributed by atoms with Gasteiger partial charge in [0.05, 0.1) is 6.26 Å². The number of carbonyl (C=O) groups excluding carboxylic acids is 1. The minimum atomic E-state index is -0.472. The lowest BCUT2D eigenvalue weighted by Crippen LogP contribution is -1.99. The fourth-order valence-corrected chi connectivity index (χ4v) is 0.302. The van der Waals surface area contributed by atoms with Crippen LogP contribution in [0, 0.1) is 0 Å². The molecule has 0 amide bonds. The van der Waals surface area contributed by atoms with E-state index in [0.717, 1.165) is 11.8 Å². The van der Waals surface area contributed by atoms with Crippen LogP contribution in [0.5, 0.6) is 0 Å². The molecular weight excluding hydrogens is 140 g/mol. The van der Waals surface area contributed by atoms with Crippen molar-refractivity contribution in [3.05, 3.63) is 23.9 Å². The Bertz CT molecular complexity index is 149. The summed E-state index contributed by atoms with van der Waals surface area (Å²) in [7, 11) is 0. The molecule has 0 fully saturated rings. The summed E-state index contributed by atoms with van der Waals surface area (Å²) in [5.41, 5.74) is 1.52. The average Bonchev–Trinajstić information content (AvgIpc) is 1.87. The van der Waals surface area contributed by atoms with Crippen molar-refractivity contribution in [2.24, 2.45) is 0 Å². The van der Waals surface area contributed by atoms with E-state index in [-0.39, 0.29) is 0 Å². The number of hydrogen-bond acceptors (Lipinski definition) is 2. The zero-order valence-electron chi connectivity index (χ0n) is 5.06. The van der Waals surface area contributed by atoms with E-state index in [1.807, 2.05) is 0 Å². The number of rotatable bonds is 2. The molecule has 0 radical (unpaired) electrons. The van der Waals surface area contributed by atoms with Gasteiger partial charge in [0.2, 0.25) is 0 Å². The van der Waals surface area contributed by atoms with Crippen molar-refractivity contribution >= 4 is 17.6 Å². The van der Waals surface area contributed by atoms with Gasteiger partial charge in [0.15, 0.2) is 0 Å². The number of hydrogen-bond donors (Lipinski definition) is 0. The number of halogens is 1. The van der Waals surface area contributed by atoms with Crippen molar-refractivity contribution < 1.29 is 9.53 Å². The molecule has 0 rings (SSSR count). The minimum absolute atomic E-state index is 0.358. The largest absolute Gasteiger partial charge is 0.432 e. The van der Waals surface area contributed by atoms with Gasteiger partial charge in [-0.05, 0) is 6.92 Å². The van der Waals surface area contributed by atoms with E-state index in [2.05, 4.69) is 11.3 Å². The Hall–Kier alpha value is -0.760. The van der Waals surface area contributed by atoms with E-state index in [4.69, 9.17) is 11.6 Å². The predicted octanol–water partition coefficient (Wildman–Crippen LogP) is 1.82. The lowest BCUT2D eigenvalue weighted by atomic mass is 10.4. The first-order chi connectivity index (χ1) is 4.22. The third kappa shape index (κ3) is 2.93. The summed E-state index contributed by atoms with van der Waals surface area (Å²) in [4.78, 5) is 10.5. The van der Waals surface area contributed by atoms with Crippen LogP contribution in [0.3, 0.4) is 0 Å². The maximum Gasteiger partial charge on any atom is 0.339 e. The first-order valence-corrected chi connectivity index (χ1v) is 2.75. The normalized spacial score (nSPS) is 10.7. The molecule has 0 heterocycles. The summed E-state index contributed by atoms with van der Waals surface area (Å²) in [6.07, 6.45) is 1.06. The highest BCUT2D eigenvalue weighted by molar-refractivity contribution is 6.27. The molecule has 0 aliphatic carbocycles. The standard InChI is InChI=1S/C6H7ClO2/c1-3-9-6(8)5(2)4-7/h3-4H,1H2,2H3/b5-4+. The first-order valence-electron chi connectivity index (χ1n) is 2.31. The molecule has 0 aromatic carbocycles. The fourth-order valence-electron chi connectivity index (χ4n) is 0.213. The molecule has 2 nitrogen and oxygen atoms in total. The van der Waals surface area contributed by atoms with Crippen LogP contribution in [-0.4, -0.2) is 5.97 Å². The van der Waals surface area contributed by atoms with Crippen LogP contribution in [0.1, 0.15) is 6.92 Å². The Balaban J connectivity index is 3.88. The summed E-state index contributed by atoms with van der Waals surface area (Å²) in [5, 5.41) is 0. The fraction of sp³-hybridized carbons (Fsp3) is 0.167. The van der Waals surface area contributed by atoms with Crippen LogP contribution < -0.4 is 0 Å². The Morgan fingerprint density at radius 1 is 1.78 bits per heavy atom. The maximum absolute atomic E-state index is 10.5. The summed E-state index contributed by atoms with van der Waals surface area (Å²) < 4.78 is 4.37. The molecule has 0 unspecified atom stereocenters. The topological polar surface area (TPSA) is 26.3 Å². The third-order valence-electron chi connectivity index (χ3n) is 0.676. The lowest BCUT2D eigenvalue weighted by Gasteiger charge is -1.93. The van der Waals surface area contributed by atoms with Crippen LogP contribution in [-0.2, 0) is 9.53 Å². The highest BCUT2D eigenvalue weighted by atomic mass is 35.5. The van der Waals surface area contributed by atoms with Crippen molar-refractivity contribution in [2.45, 2.75) is 6.92 Å². The van der Waals surface area contributed by atoms with E-state index in [0.29, 0.717) is 5.57 Å². The van der Waals surface area contributed by atoms with Gasteiger partial charge in [-0.1, -0.05) is 18.2 Å². The first kappa shape index (κ1) is 8.24. The quantitative estimate of drug-likeness (QED) is 0.338. The molecule has 0 saturated carbocycles. The summed E-state index contributed by atoms with van der Waals surface area (Å²) in [5.74, 6) is -0.472. The van der Waals surface area contributed by atoms with Crippen LogP contribution >= 0.6 is 11.6 Å². The van der Waals surface area contributed by atoms with E-state index in [1.165, 1.54) is 0 Å². The van der Waals surface area contributed by atoms with Crippen LogP contribution in [0.2, 0.25) is 0 Å². The molecule has 0 saturated heterocycles. The van der Waals surface area contributed by atoms with Gasteiger partial charge in [-0.2, -0.15) is 0 Å². The van der Waals surface area contributed by atoms with Crippen LogP contribution in [0.25, 0.3) is 0 Å². The SMILES string of the molecule is C=COC(=O)/C(C)=C/Cl. The Morgan fingerprint density at radius 2 is 2.33 bits per heavy atom. The second-order valence-electron chi connectivity index (χ2n) is 1.36. The molecular formula is C6H7ClO2. The molecule has 0 atom stereocenters. The molecule has 50 valence electrons. The molecule has 0 aromatic heterocycles. The van der Waals surface area contributed by atoms with Crippen molar-refractivity contribution in [2.75, 3.05) is 0 Å². The third-order valence-corrected chi connectivity index (χ3v) is 1.00. The van der Waals surface area contributed by atoms with Gasteiger partial charge >= 0.3 is 5.97 Å². The molecule has 0 bridgehead atoms. The second kappa shape index (κ2) is 4.15. The van der Waals surface area contributed by atoms with Crippen molar-refractivity contribution in [3.63, 3.8) is 0 Å². The summed E-state index contributed by atoms with van der Waals surface area (Å²) in [6.45, 7) is 4.76. The highest BCUT2D eigenvalue weighted by Gasteiger charge is 2.00. The lowest BCUT2D eigenvalue weighted by molar-refractivity contribution is -0.133. The van der Waals surface area contributed by atoms with Gasteiger partial charge in [-0.15, -0.1) is 0 Å². The molecule has 0 aliphatic heterocycles. The smallest absolute Gasteiger partial charge is 0.339 e.